The zero-order valence-electron chi connectivity index (χ0n) is 22.6. The van der Waals surface area contributed by atoms with Crippen LogP contribution in [0.4, 0.5) is 0 Å². The van der Waals surface area contributed by atoms with Crippen LogP contribution in [-0.4, -0.2) is 91.8 Å². The van der Waals surface area contributed by atoms with Gasteiger partial charge in [-0.1, -0.05) is 24.3 Å². The van der Waals surface area contributed by atoms with E-state index in [9.17, 15) is 9.59 Å². The van der Waals surface area contributed by atoms with Crippen molar-refractivity contribution in [2.75, 3.05) is 52.9 Å². The predicted molar refractivity (Wildman–Crippen MR) is 121 cm³/mol. The van der Waals surface area contributed by atoms with Crippen LogP contribution in [0.25, 0.3) is 0 Å². The van der Waals surface area contributed by atoms with E-state index in [4.69, 9.17) is 61.0 Å². The van der Waals surface area contributed by atoms with Crippen LogP contribution < -0.4 is 52.1 Å². The average Bonchev–Trinajstić information content (AvgIpc) is 2.86. The Kier molecular flexibility index (Phi) is 17.3. The van der Waals surface area contributed by atoms with Gasteiger partial charge in [0.05, 0.1) is 45.7 Å². The summed E-state index contributed by atoms with van der Waals surface area (Å²) in [5, 5.41) is 2.99. The normalized spacial score (nSPS) is 16.2. The number of carbonyl (C=O) groups excluding carboxylic acids is 2. The molecular weight excluding hydrogens is 820 g/mol. The van der Waals surface area contributed by atoms with Crippen molar-refractivity contribution in [2.45, 2.75) is 13.0 Å². The van der Waals surface area contributed by atoms with Gasteiger partial charge in [-0.05, 0) is 12.1 Å². The maximum atomic E-state index is 13.4. The molecule has 2 radical (unpaired) electrons. The number of carbonyl (C=O) groups is 2. The molecule has 43 heavy (non-hydrogen) atoms. The second-order valence-corrected chi connectivity index (χ2v) is 9.70. The van der Waals surface area contributed by atoms with Crippen LogP contribution in [0.3, 0.4) is 0 Å². The van der Waals surface area contributed by atoms with E-state index in [-0.39, 0.29) is 39.0 Å². The number of hydrogen-bond acceptors (Lipinski definition) is 15. The Hall–Kier alpha value is -1.76. The van der Waals surface area contributed by atoms with E-state index in [0.29, 0.717) is 86.6 Å². The molecule has 2 aromatic rings. The van der Waals surface area contributed by atoms with E-state index in [1.807, 2.05) is 0 Å². The quantitative estimate of drug-likeness (QED) is 0.261. The number of benzene rings is 2. The molecule has 2 aliphatic rings. The fraction of sp³-hybridized carbons (Fsp3) is 0.417. The molecule has 0 unspecified atom stereocenters. The molecule has 1 heterocycles. The third-order valence-corrected chi connectivity index (χ3v) is 5.26. The molecule has 236 valence electrons. The molecule has 2 aromatic carbocycles. The van der Waals surface area contributed by atoms with Gasteiger partial charge in [-0.15, -0.1) is 20.5 Å². The van der Waals surface area contributed by atoms with Crippen LogP contribution in [0.2, 0.25) is 0 Å². The molecule has 1 amide bonds. The van der Waals surface area contributed by atoms with E-state index >= 15 is 0 Å². The summed E-state index contributed by atoms with van der Waals surface area (Å²) < 4.78 is 96.5. The summed E-state index contributed by atoms with van der Waals surface area (Å²) in [6, 6.07) is 10.1. The third kappa shape index (κ3) is 15.2. The largest absolute Gasteiger partial charge is 2.00 e. The van der Waals surface area contributed by atoms with Crippen LogP contribution in [-0.2, 0) is 19.0 Å². The molecule has 2 bridgehead atoms. The molecule has 0 aromatic heterocycles. The minimum absolute atomic E-state index is 0. The van der Waals surface area contributed by atoms with E-state index in [1.165, 1.54) is 6.92 Å². The monoisotopic (exact) mass is 847 g/mol. The number of ketones is 1. The summed E-state index contributed by atoms with van der Waals surface area (Å²) in [4.78, 5) is 25.5. The summed E-state index contributed by atoms with van der Waals surface area (Å²) in [5.74, 6) is 0.699. The molecule has 0 spiro atoms. The summed E-state index contributed by atoms with van der Waals surface area (Å²) in [6.45, 7) is 4.61. The molecule has 4 rings (SSSR count). The number of halogens is 2. The number of rotatable bonds is 1. The number of amides is 1. The maximum Gasteiger partial charge on any atom is 2.00 e. The van der Waals surface area contributed by atoms with E-state index in [1.54, 1.807) is 36.4 Å². The first kappa shape index (κ1) is 39.3. The van der Waals surface area contributed by atoms with E-state index in [2.05, 4.69) is 5.32 Å². The second kappa shape index (κ2) is 18.9. The first-order valence-electron chi connectivity index (χ1n) is 12.0. The Morgan fingerprint density at radius 2 is 1.00 bits per heavy atom. The molecule has 0 saturated carbocycles. The van der Waals surface area contributed by atoms with E-state index < -0.39 is 26.5 Å². The molecule has 1 N–H and O–H groups in total. The van der Waals surface area contributed by atoms with Gasteiger partial charge in [0.1, 0.15) is 24.7 Å². The van der Waals surface area contributed by atoms with Crippen molar-refractivity contribution in [2.24, 2.45) is 0 Å². The van der Waals surface area contributed by atoms with Crippen molar-refractivity contribution in [3.63, 3.8) is 0 Å². The molecule has 1 aliphatic carbocycles. The third-order valence-electron chi connectivity index (χ3n) is 5.26. The average molecular weight is 848 g/mol. The van der Waals surface area contributed by atoms with Gasteiger partial charge < -0.3 is 29.0 Å². The number of ether oxygens (including phenoxy) is 5. The van der Waals surface area contributed by atoms with E-state index in [0.717, 1.165) is 0 Å². The first-order valence-corrected chi connectivity index (χ1v) is 14.4. The van der Waals surface area contributed by atoms with Gasteiger partial charge in [-0.2, -0.15) is 0 Å². The van der Waals surface area contributed by atoms with Crippen molar-refractivity contribution in [1.29, 1.82) is 0 Å². The molecule has 19 heteroatoms. The summed E-state index contributed by atoms with van der Waals surface area (Å²) in [7, 11) is -9.89. The molecule has 0 atom stereocenters. The summed E-state index contributed by atoms with van der Waals surface area (Å²) >= 11 is 0. The molecular formula is C24H27Cl2NO15Pb. The minimum Gasteiger partial charge on any atom is -0.491 e. The van der Waals surface area contributed by atoms with Crippen molar-refractivity contribution >= 4 is 39.0 Å². The second-order valence-electron chi connectivity index (χ2n) is 8.19. The fourth-order valence-electron chi connectivity index (χ4n) is 3.93. The number of nitrogens with one attached hydrogen (secondary N) is 1. The van der Waals surface area contributed by atoms with Crippen LogP contribution in [0.1, 0.15) is 40.0 Å². The van der Waals surface area contributed by atoms with Gasteiger partial charge in [-0.25, -0.2) is 37.3 Å². The van der Waals surface area contributed by atoms with Crippen LogP contribution in [0.15, 0.2) is 36.4 Å². The standard InChI is InChI=1S/C24H27NO7.2ClHO4.Pb/c1-16(26)25-23-21-17-4-2-6-19(21)31-14-12-29-10-8-28-9-11-30-13-15-32-20-7-3-5-18(22(20)23)24(17)27;2*2-1(3,4)5;/h2-7,23H,8-15H2,1H3,(H,25,26);2*(H,2,3,4,5);/q;;;+2/p-2. The van der Waals surface area contributed by atoms with Gasteiger partial charge in [-0.3, -0.25) is 9.59 Å². The minimum atomic E-state index is -4.94. The summed E-state index contributed by atoms with van der Waals surface area (Å²) in [5.41, 5.74) is 2.24. The van der Waals surface area contributed by atoms with Crippen molar-refractivity contribution in [1.82, 2.24) is 5.32 Å². The number of hydrogen-bond donors (Lipinski definition) is 1. The van der Waals surface area contributed by atoms with Crippen LogP contribution in [0.5, 0.6) is 11.5 Å². The van der Waals surface area contributed by atoms with Gasteiger partial charge in [0.2, 0.25) is 5.91 Å². The van der Waals surface area contributed by atoms with Crippen LogP contribution in [0, 0.1) is 20.5 Å². The SMILES string of the molecule is CC(=O)NC1c2c3cccc2C(=O)c2cccc(c21)OCCOCCOCCOCCO3.[O-][Cl+3]([O-])([O-])[O-].[O-][Cl+3]([O-])([O-])[O-].[Pb+2]. The maximum absolute atomic E-state index is 13.4. The Labute approximate surface area is 270 Å². The van der Waals surface area contributed by atoms with Gasteiger partial charge in [0.15, 0.2) is 5.78 Å². The molecule has 16 nitrogen and oxygen atoms in total. The predicted octanol–water partition coefficient (Wildman–Crippen LogP) is -7.62. The van der Waals surface area contributed by atoms with Crippen molar-refractivity contribution in [3.8, 4) is 11.5 Å². The summed E-state index contributed by atoms with van der Waals surface area (Å²) in [6.07, 6.45) is 0. The Bertz CT molecular complexity index is 1080. The topological polar surface area (TPSA) is 277 Å². The molecule has 0 fully saturated rings. The molecule has 1 aliphatic heterocycles. The molecule has 0 saturated heterocycles. The first-order chi connectivity index (χ1) is 19.7. The smallest absolute Gasteiger partial charge is 0.491 e. The fourth-order valence-corrected chi connectivity index (χ4v) is 3.93. The van der Waals surface area contributed by atoms with Gasteiger partial charge >= 0.3 is 27.3 Å². The van der Waals surface area contributed by atoms with Gasteiger partial charge in [0, 0.05) is 29.2 Å². The van der Waals surface area contributed by atoms with Crippen LogP contribution >= 0.6 is 0 Å². The zero-order valence-corrected chi connectivity index (χ0v) is 28.0. The Morgan fingerprint density at radius 3 is 1.33 bits per heavy atom. The van der Waals surface area contributed by atoms with Crippen molar-refractivity contribution in [3.05, 3.63) is 58.7 Å². The van der Waals surface area contributed by atoms with Crippen molar-refractivity contribution < 1.29 is 91.0 Å². The zero-order chi connectivity index (χ0) is 31.3. The Morgan fingerprint density at radius 1 is 0.674 bits per heavy atom. The Balaban J connectivity index is 0.000000729. The van der Waals surface area contributed by atoms with Gasteiger partial charge in [0.25, 0.3) is 0 Å².